The molecule has 1 N–H and O–H groups in total. The minimum atomic E-state index is -0.128. The predicted octanol–water partition coefficient (Wildman–Crippen LogP) is 4.71. The van der Waals surface area contributed by atoms with Crippen molar-refractivity contribution in [1.82, 2.24) is 14.9 Å². The van der Waals surface area contributed by atoms with Gasteiger partial charge >= 0.3 is 0 Å². The normalized spacial score (nSPS) is 12.1. The number of nitrogens with zero attached hydrogens (tertiary/aromatic N) is 2. The number of benzene rings is 2. The second-order valence-electron chi connectivity index (χ2n) is 7.33. The Labute approximate surface area is 166 Å². The average molecular weight is 380 g/mol. The highest BCUT2D eigenvalue weighted by Gasteiger charge is 2.16. The molecule has 0 spiro atoms. The lowest BCUT2D eigenvalue weighted by Crippen LogP contribution is -2.26. The lowest BCUT2D eigenvalue weighted by atomic mass is 10.1. The number of carbonyl (C=O) groups is 1. The van der Waals surface area contributed by atoms with Crippen LogP contribution < -0.4 is 10.1 Å². The molecule has 0 aliphatic carbocycles. The molecule has 0 saturated carbocycles. The van der Waals surface area contributed by atoms with E-state index in [-0.39, 0.29) is 11.9 Å². The highest BCUT2D eigenvalue weighted by Crippen LogP contribution is 2.22. The third-order valence-corrected chi connectivity index (χ3v) is 5.01. The van der Waals surface area contributed by atoms with Crippen molar-refractivity contribution in [2.75, 3.05) is 6.61 Å². The molecule has 5 nitrogen and oxygen atoms in total. The molecule has 148 valence electrons. The first-order valence-electron chi connectivity index (χ1n) is 9.88. The molecule has 28 heavy (non-hydrogen) atoms. The van der Waals surface area contributed by atoms with Crippen LogP contribution in [0.1, 0.15) is 49.7 Å². The van der Waals surface area contributed by atoms with Gasteiger partial charge in [0.25, 0.3) is 0 Å². The summed E-state index contributed by atoms with van der Waals surface area (Å²) in [4.78, 5) is 16.2. The van der Waals surface area contributed by atoms with E-state index in [1.54, 1.807) is 0 Å². The Morgan fingerprint density at radius 2 is 1.93 bits per heavy atom. The van der Waals surface area contributed by atoms with Crippen LogP contribution in [0.2, 0.25) is 0 Å². The first-order valence-corrected chi connectivity index (χ1v) is 9.88. The van der Waals surface area contributed by atoms with E-state index in [0.29, 0.717) is 6.61 Å². The number of unbranched alkanes of at least 4 members (excludes halogenated alkanes) is 1. The average Bonchev–Trinajstić information content (AvgIpc) is 3.03. The number of carbonyl (C=O) groups excluding carboxylic acids is 1. The summed E-state index contributed by atoms with van der Waals surface area (Å²) in [5, 5.41) is 2.95. The summed E-state index contributed by atoms with van der Waals surface area (Å²) in [6.45, 7) is 9.25. The Morgan fingerprint density at radius 1 is 1.14 bits per heavy atom. The van der Waals surface area contributed by atoms with Crippen LogP contribution >= 0.6 is 0 Å². The van der Waals surface area contributed by atoms with Gasteiger partial charge in [-0.1, -0.05) is 18.2 Å². The van der Waals surface area contributed by atoms with Crippen LogP contribution in [0.25, 0.3) is 11.0 Å². The Morgan fingerprint density at radius 3 is 2.68 bits per heavy atom. The van der Waals surface area contributed by atoms with E-state index in [4.69, 9.17) is 9.72 Å². The van der Waals surface area contributed by atoms with E-state index in [1.807, 2.05) is 31.2 Å². The summed E-state index contributed by atoms with van der Waals surface area (Å²) in [6, 6.07) is 14.2. The van der Waals surface area contributed by atoms with E-state index in [0.717, 1.165) is 42.0 Å². The Kier molecular flexibility index (Phi) is 6.34. The van der Waals surface area contributed by atoms with E-state index in [2.05, 4.69) is 41.9 Å². The van der Waals surface area contributed by atoms with Crippen LogP contribution in [0.5, 0.6) is 5.75 Å². The van der Waals surface area contributed by atoms with Crippen LogP contribution in [0.15, 0.2) is 42.5 Å². The van der Waals surface area contributed by atoms with Crippen LogP contribution in [0.4, 0.5) is 0 Å². The standard InChI is InChI=1S/C23H29N3O2/c1-16-11-12-20(15-17(16)2)28-14-8-7-13-26-22-10-6-5-9-21(22)25-23(26)18(3)24-19(4)27/h5-6,9-12,15,18H,7-8,13-14H2,1-4H3,(H,24,27). The number of nitrogens with one attached hydrogen (secondary N) is 1. The molecule has 1 heterocycles. The predicted molar refractivity (Wildman–Crippen MR) is 113 cm³/mol. The fraction of sp³-hybridized carbons (Fsp3) is 0.391. The van der Waals surface area contributed by atoms with Crippen LogP contribution in [0.3, 0.4) is 0 Å². The lowest BCUT2D eigenvalue weighted by molar-refractivity contribution is -0.119. The number of fused-ring (bicyclic) bond motifs is 1. The summed E-state index contributed by atoms with van der Waals surface area (Å²) < 4.78 is 8.11. The topological polar surface area (TPSA) is 56.2 Å². The third-order valence-electron chi connectivity index (χ3n) is 5.01. The maximum absolute atomic E-state index is 11.5. The number of hydrogen-bond donors (Lipinski definition) is 1. The summed E-state index contributed by atoms with van der Waals surface area (Å²) in [5.41, 5.74) is 4.59. The summed E-state index contributed by atoms with van der Waals surface area (Å²) >= 11 is 0. The molecule has 1 atom stereocenters. The molecule has 1 unspecified atom stereocenters. The molecule has 0 aliphatic heterocycles. The third kappa shape index (κ3) is 4.71. The first-order chi connectivity index (χ1) is 13.5. The largest absolute Gasteiger partial charge is 0.494 e. The molecule has 0 aliphatic rings. The number of imidazole rings is 1. The zero-order valence-electron chi connectivity index (χ0n) is 17.2. The molecule has 0 bridgehead atoms. The Hall–Kier alpha value is -2.82. The van der Waals surface area contributed by atoms with Gasteiger partial charge < -0.3 is 14.6 Å². The number of ether oxygens (including phenoxy) is 1. The fourth-order valence-electron chi connectivity index (χ4n) is 3.39. The van der Waals surface area contributed by atoms with Gasteiger partial charge in [-0.2, -0.15) is 0 Å². The monoisotopic (exact) mass is 379 g/mol. The number of rotatable bonds is 8. The van der Waals surface area contributed by atoms with Gasteiger partial charge in [-0.05, 0) is 69.0 Å². The highest BCUT2D eigenvalue weighted by atomic mass is 16.5. The van der Waals surface area contributed by atoms with Crippen LogP contribution in [-0.2, 0) is 11.3 Å². The van der Waals surface area contributed by atoms with Gasteiger partial charge in [0.2, 0.25) is 5.91 Å². The van der Waals surface area contributed by atoms with E-state index in [1.165, 1.54) is 18.1 Å². The van der Waals surface area contributed by atoms with Gasteiger partial charge in [-0.3, -0.25) is 4.79 Å². The van der Waals surface area contributed by atoms with Gasteiger partial charge in [-0.25, -0.2) is 4.98 Å². The van der Waals surface area contributed by atoms with E-state index in [9.17, 15) is 4.79 Å². The van der Waals surface area contributed by atoms with Gasteiger partial charge in [0.05, 0.1) is 23.7 Å². The quantitative estimate of drug-likeness (QED) is 0.577. The molecular formula is C23H29N3O2. The van der Waals surface area contributed by atoms with Crippen LogP contribution in [-0.4, -0.2) is 22.1 Å². The number of aryl methyl sites for hydroxylation is 3. The molecular weight excluding hydrogens is 350 g/mol. The van der Waals surface area contributed by atoms with Gasteiger partial charge in [0.1, 0.15) is 11.6 Å². The van der Waals surface area contributed by atoms with Crippen molar-refractivity contribution in [3.8, 4) is 5.75 Å². The van der Waals surface area contributed by atoms with Crippen molar-refractivity contribution in [1.29, 1.82) is 0 Å². The van der Waals surface area contributed by atoms with Crippen molar-refractivity contribution < 1.29 is 9.53 Å². The van der Waals surface area contributed by atoms with Crippen molar-refractivity contribution in [2.24, 2.45) is 0 Å². The van der Waals surface area contributed by atoms with Gasteiger partial charge in [0, 0.05) is 13.5 Å². The smallest absolute Gasteiger partial charge is 0.217 e. The van der Waals surface area contributed by atoms with Crippen molar-refractivity contribution in [3.05, 3.63) is 59.4 Å². The fourth-order valence-corrected chi connectivity index (χ4v) is 3.39. The number of aromatic nitrogens is 2. The van der Waals surface area contributed by atoms with Gasteiger partial charge in [-0.15, -0.1) is 0 Å². The molecule has 0 saturated heterocycles. The van der Waals surface area contributed by atoms with Crippen molar-refractivity contribution in [2.45, 2.75) is 53.1 Å². The van der Waals surface area contributed by atoms with Crippen molar-refractivity contribution in [3.63, 3.8) is 0 Å². The van der Waals surface area contributed by atoms with Gasteiger partial charge in [0.15, 0.2) is 0 Å². The first kappa shape index (κ1) is 19.9. The molecule has 1 amide bonds. The molecule has 2 aromatic carbocycles. The Balaban J connectivity index is 1.63. The summed E-state index contributed by atoms with van der Waals surface area (Å²) in [5.74, 6) is 1.77. The number of hydrogen-bond acceptors (Lipinski definition) is 3. The zero-order valence-corrected chi connectivity index (χ0v) is 17.2. The van der Waals surface area contributed by atoms with E-state index < -0.39 is 0 Å². The zero-order chi connectivity index (χ0) is 20.1. The van der Waals surface area contributed by atoms with Crippen LogP contribution in [0, 0.1) is 13.8 Å². The molecule has 5 heteroatoms. The van der Waals surface area contributed by atoms with Crippen molar-refractivity contribution >= 4 is 16.9 Å². The second kappa shape index (κ2) is 8.91. The lowest BCUT2D eigenvalue weighted by Gasteiger charge is -2.15. The highest BCUT2D eigenvalue weighted by molar-refractivity contribution is 5.77. The molecule has 3 aromatic rings. The van der Waals surface area contributed by atoms with E-state index >= 15 is 0 Å². The molecule has 0 radical (unpaired) electrons. The molecule has 1 aromatic heterocycles. The second-order valence-corrected chi connectivity index (χ2v) is 7.33. The Bertz CT molecular complexity index is 962. The maximum Gasteiger partial charge on any atom is 0.217 e. The maximum atomic E-state index is 11.5. The summed E-state index contributed by atoms with van der Waals surface area (Å²) in [6.07, 6.45) is 1.93. The number of amides is 1. The SMILES string of the molecule is CC(=O)NC(C)c1nc2ccccc2n1CCCCOc1ccc(C)c(C)c1. The molecule has 3 rings (SSSR count). The number of para-hydroxylation sites is 2. The minimum Gasteiger partial charge on any atom is -0.494 e. The minimum absolute atomic E-state index is 0.0482. The molecule has 0 fully saturated rings. The summed E-state index contributed by atoms with van der Waals surface area (Å²) in [7, 11) is 0.